The molecular formula is C19H19N3OS. The van der Waals surface area contributed by atoms with Crippen LogP contribution in [0.15, 0.2) is 59.6 Å². The number of nitrogens with zero attached hydrogens (tertiary/aromatic N) is 3. The Kier molecular flexibility index (Phi) is 4.42. The molecule has 122 valence electrons. The zero-order valence-corrected chi connectivity index (χ0v) is 14.2. The van der Waals surface area contributed by atoms with E-state index in [0.717, 1.165) is 37.6 Å². The van der Waals surface area contributed by atoms with Gasteiger partial charge in [-0.05, 0) is 46.2 Å². The molecule has 0 N–H and O–H groups in total. The van der Waals surface area contributed by atoms with Gasteiger partial charge >= 0.3 is 0 Å². The summed E-state index contributed by atoms with van der Waals surface area (Å²) in [5.41, 5.74) is 2.50. The van der Waals surface area contributed by atoms with Gasteiger partial charge in [0.25, 0.3) is 0 Å². The fraction of sp³-hybridized carbons (Fsp3) is 0.263. The quantitative estimate of drug-likeness (QED) is 0.713. The lowest BCUT2D eigenvalue weighted by Gasteiger charge is -2.32. The Balaban J connectivity index is 1.34. The monoisotopic (exact) mass is 337 g/mol. The average Bonchev–Trinajstić information content (AvgIpc) is 3.18. The second-order valence-corrected chi connectivity index (χ2v) is 6.67. The number of rotatable bonds is 4. The van der Waals surface area contributed by atoms with Crippen LogP contribution in [-0.4, -0.2) is 29.2 Å². The molecule has 0 aliphatic carbocycles. The highest BCUT2D eigenvalue weighted by Gasteiger charge is 2.22. The third-order valence-corrected chi connectivity index (χ3v) is 4.97. The molecule has 3 aromatic rings. The first-order valence-corrected chi connectivity index (χ1v) is 9.14. The largest absolute Gasteiger partial charge is 0.490 e. The van der Waals surface area contributed by atoms with E-state index in [4.69, 9.17) is 4.74 Å². The first-order valence-electron chi connectivity index (χ1n) is 8.20. The summed E-state index contributed by atoms with van der Waals surface area (Å²) < 4.78 is 6.15. The van der Waals surface area contributed by atoms with Gasteiger partial charge in [0.2, 0.25) is 5.95 Å². The molecule has 0 spiro atoms. The Bertz CT molecular complexity index is 751. The summed E-state index contributed by atoms with van der Waals surface area (Å²) in [5, 5.41) is 4.27. The number of benzene rings is 1. The van der Waals surface area contributed by atoms with Crippen LogP contribution in [-0.2, 0) is 0 Å². The molecule has 5 heteroatoms. The van der Waals surface area contributed by atoms with Crippen molar-refractivity contribution < 1.29 is 4.74 Å². The van der Waals surface area contributed by atoms with Crippen molar-refractivity contribution in [2.24, 2.45) is 0 Å². The fourth-order valence-electron chi connectivity index (χ4n) is 2.98. The van der Waals surface area contributed by atoms with Crippen molar-refractivity contribution >= 4 is 17.3 Å². The van der Waals surface area contributed by atoms with Crippen LogP contribution in [0.25, 0.3) is 11.1 Å². The van der Waals surface area contributed by atoms with E-state index < -0.39 is 0 Å². The molecule has 24 heavy (non-hydrogen) atoms. The van der Waals surface area contributed by atoms with E-state index in [1.54, 1.807) is 23.7 Å². The molecule has 4 rings (SSSR count). The van der Waals surface area contributed by atoms with E-state index in [1.165, 1.54) is 11.1 Å². The Morgan fingerprint density at radius 1 is 0.958 bits per heavy atom. The predicted molar refractivity (Wildman–Crippen MR) is 97.7 cm³/mol. The summed E-state index contributed by atoms with van der Waals surface area (Å²) in [6.07, 6.45) is 5.83. The zero-order valence-electron chi connectivity index (χ0n) is 13.3. The van der Waals surface area contributed by atoms with Crippen molar-refractivity contribution in [3.8, 4) is 16.9 Å². The summed E-state index contributed by atoms with van der Waals surface area (Å²) in [6.45, 7) is 1.86. The van der Waals surface area contributed by atoms with Crippen LogP contribution in [0.4, 0.5) is 5.95 Å². The number of ether oxygens (including phenoxy) is 1. The number of thiophene rings is 1. The molecular weight excluding hydrogens is 318 g/mol. The van der Waals surface area contributed by atoms with E-state index >= 15 is 0 Å². The molecule has 0 bridgehead atoms. The molecule has 1 aromatic carbocycles. The Morgan fingerprint density at radius 2 is 1.71 bits per heavy atom. The van der Waals surface area contributed by atoms with Crippen LogP contribution < -0.4 is 9.64 Å². The molecule has 3 heterocycles. The Morgan fingerprint density at radius 3 is 2.38 bits per heavy atom. The van der Waals surface area contributed by atoms with Gasteiger partial charge in [-0.1, -0.05) is 12.1 Å². The normalized spacial score (nSPS) is 15.4. The van der Waals surface area contributed by atoms with E-state index in [1.807, 2.05) is 6.07 Å². The lowest BCUT2D eigenvalue weighted by Crippen LogP contribution is -2.39. The van der Waals surface area contributed by atoms with Gasteiger partial charge in [0.15, 0.2) is 0 Å². The Labute approximate surface area is 145 Å². The molecule has 1 aliphatic rings. The first kappa shape index (κ1) is 15.1. The second-order valence-electron chi connectivity index (χ2n) is 5.89. The molecule has 0 radical (unpaired) electrons. The summed E-state index contributed by atoms with van der Waals surface area (Å²) in [4.78, 5) is 10.9. The molecule has 1 fully saturated rings. The van der Waals surface area contributed by atoms with Gasteiger partial charge in [-0.2, -0.15) is 11.3 Å². The minimum atomic E-state index is 0.261. The highest BCUT2D eigenvalue weighted by Crippen LogP contribution is 2.26. The van der Waals surface area contributed by atoms with E-state index in [-0.39, 0.29) is 6.10 Å². The minimum absolute atomic E-state index is 0.261. The zero-order chi connectivity index (χ0) is 16.2. The van der Waals surface area contributed by atoms with Gasteiger partial charge < -0.3 is 9.64 Å². The fourth-order valence-corrected chi connectivity index (χ4v) is 3.64. The number of aromatic nitrogens is 2. The van der Waals surface area contributed by atoms with E-state index in [2.05, 4.69) is 56.0 Å². The third kappa shape index (κ3) is 3.41. The molecule has 0 unspecified atom stereocenters. The smallest absolute Gasteiger partial charge is 0.225 e. The molecule has 1 saturated heterocycles. The first-order chi connectivity index (χ1) is 11.9. The van der Waals surface area contributed by atoms with Gasteiger partial charge in [-0.3, -0.25) is 0 Å². The van der Waals surface area contributed by atoms with Crippen molar-refractivity contribution in [3.63, 3.8) is 0 Å². The molecule has 1 aliphatic heterocycles. The van der Waals surface area contributed by atoms with Gasteiger partial charge in [-0.25, -0.2) is 9.97 Å². The van der Waals surface area contributed by atoms with Crippen LogP contribution >= 0.6 is 11.3 Å². The molecule has 0 atom stereocenters. The standard InChI is InChI=1S/C19H19N3OS/c1-9-20-19(21-10-1)22-11-6-18(7-12-22)23-17-4-2-15(3-5-17)16-8-13-24-14-16/h1-5,8-10,13-14,18H,6-7,11-12H2. The van der Waals surface area contributed by atoms with Crippen molar-refractivity contribution in [1.82, 2.24) is 9.97 Å². The van der Waals surface area contributed by atoms with Crippen molar-refractivity contribution in [3.05, 3.63) is 59.6 Å². The number of piperidine rings is 1. The lowest BCUT2D eigenvalue weighted by atomic mass is 10.1. The van der Waals surface area contributed by atoms with Gasteiger partial charge in [0, 0.05) is 38.3 Å². The number of anilines is 1. The maximum absolute atomic E-state index is 6.15. The van der Waals surface area contributed by atoms with E-state index in [9.17, 15) is 0 Å². The predicted octanol–water partition coefficient (Wildman–Crippen LogP) is 4.25. The summed E-state index contributed by atoms with van der Waals surface area (Å²) in [7, 11) is 0. The topological polar surface area (TPSA) is 38.2 Å². The van der Waals surface area contributed by atoms with E-state index in [0.29, 0.717) is 0 Å². The maximum atomic E-state index is 6.15. The number of hydrogen-bond donors (Lipinski definition) is 0. The van der Waals surface area contributed by atoms with Gasteiger partial charge in [0.1, 0.15) is 11.9 Å². The highest BCUT2D eigenvalue weighted by atomic mass is 32.1. The third-order valence-electron chi connectivity index (χ3n) is 4.29. The summed E-state index contributed by atoms with van der Waals surface area (Å²) in [5.74, 6) is 1.76. The summed E-state index contributed by atoms with van der Waals surface area (Å²) >= 11 is 1.72. The van der Waals surface area contributed by atoms with Crippen molar-refractivity contribution in [2.45, 2.75) is 18.9 Å². The minimum Gasteiger partial charge on any atom is -0.490 e. The van der Waals surface area contributed by atoms with Crippen LogP contribution in [0.5, 0.6) is 5.75 Å². The van der Waals surface area contributed by atoms with Crippen LogP contribution in [0.1, 0.15) is 12.8 Å². The molecule has 2 aromatic heterocycles. The van der Waals surface area contributed by atoms with Crippen LogP contribution in [0.3, 0.4) is 0 Å². The maximum Gasteiger partial charge on any atom is 0.225 e. The number of hydrogen-bond acceptors (Lipinski definition) is 5. The molecule has 4 nitrogen and oxygen atoms in total. The van der Waals surface area contributed by atoms with Gasteiger partial charge in [-0.15, -0.1) is 0 Å². The van der Waals surface area contributed by atoms with Crippen LogP contribution in [0.2, 0.25) is 0 Å². The van der Waals surface area contributed by atoms with Crippen molar-refractivity contribution in [2.75, 3.05) is 18.0 Å². The van der Waals surface area contributed by atoms with Crippen LogP contribution in [0, 0.1) is 0 Å². The SMILES string of the molecule is c1cnc(N2CCC(Oc3ccc(-c4ccsc4)cc3)CC2)nc1. The lowest BCUT2D eigenvalue weighted by molar-refractivity contribution is 0.170. The van der Waals surface area contributed by atoms with Crippen molar-refractivity contribution in [1.29, 1.82) is 0 Å². The Hall–Kier alpha value is -2.40. The second kappa shape index (κ2) is 7.01. The molecule has 0 saturated carbocycles. The summed E-state index contributed by atoms with van der Waals surface area (Å²) in [6, 6.07) is 12.4. The van der Waals surface area contributed by atoms with Gasteiger partial charge in [0.05, 0.1) is 0 Å². The highest BCUT2D eigenvalue weighted by molar-refractivity contribution is 7.08. The average molecular weight is 337 g/mol. The molecule has 0 amide bonds.